The molecule has 1 aromatic heterocycles. The van der Waals surface area contributed by atoms with Gasteiger partial charge in [-0.05, 0) is 48.4 Å². The Kier molecular flexibility index (Phi) is 9.94. The lowest BCUT2D eigenvalue weighted by molar-refractivity contribution is -0.140. The summed E-state index contributed by atoms with van der Waals surface area (Å²) in [5.41, 5.74) is 0.725. The van der Waals surface area contributed by atoms with Crippen LogP contribution in [0.1, 0.15) is 73.1 Å². The minimum atomic E-state index is -0.773. The van der Waals surface area contributed by atoms with Crippen LogP contribution in [-0.2, 0) is 9.59 Å². The number of carbonyl (C=O) groups is 3. The summed E-state index contributed by atoms with van der Waals surface area (Å²) in [7, 11) is 1.59. The summed E-state index contributed by atoms with van der Waals surface area (Å²) >= 11 is 1.32. The lowest BCUT2D eigenvalue weighted by Gasteiger charge is -2.33. The minimum absolute atomic E-state index is 0.128. The molecule has 1 fully saturated rings. The van der Waals surface area contributed by atoms with Gasteiger partial charge in [0.25, 0.3) is 5.91 Å². The predicted octanol–water partition coefficient (Wildman–Crippen LogP) is 4.31. The Labute approximate surface area is 205 Å². The van der Waals surface area contributed by atoms with Gasteiger partial charge in [-0.1, -0.05) is 50.8 Å². The largest absolute Gasteiger partial charge is 0.497 e. The van der Waals surface area contributed by atoms with Crippen molar-refractivity contribution in [2.75, 3.05) is 20.2 Å². The average molecular weight is 486 g/mol. The molecule has 0 unspecified atom stereocenters. The molecule has 1 aromatic carbocycles. The number of benzene rings is 1. The maximum atomic E-state index is 13.6. The number of nitrogens with one attached hydrogen (secondary N) is 2. The zero-order valence-corrected chi connectivity index (χ0v) is 20.9. The van der Waals surface area contributed by atoms with E-state index in [1.165, 1.54) is 17.8 Å². The maximum Gasteiger partial charge on any atom is 0.261 e. The second-order valence-corrected chi connectivity index (χ2v) is 9.57. The predicted molar refractivity (Wildman–Crippen MR) is 134 cm³/mol. The third-order valence-electron chi connectivity index (χ3n) is 6.16. The molecule has 1 aliphatic carbocycles. The third kappa shape index (κ3) is 7.06. The SMILES string of the molecule is CCCCN(C(=O)CNC(=O)c1cccs1)[C@H](C(=O)NC1CCCCC1)c1ccc(OC)cc1. The Bertz CT molecular complexity index is 924. The Morgan fingerprint density at radius 3 is 2.47 bits per heavy atom. The molecule has 1 aliphatic rings. The zero-order valence-electron chi connectivity index (χ0n) is 20.0. The summed E-state index contributed by atoms with van der Waals surface area (Å²) in [6.07, 6.45) is 6.96. The van der Waals surface area contributed by atoms with E-state index in [9.17, 15) is 14.4 Å². The van der Waals surface area contributed by atoms with Crippen molar-refractivity contribution < 1.29 is 19.1 Å². The standard InChI is InChI=1S/C26H35N3O4S/c1-3-4-16-29(23(30)18-27-25(31)22-11-8-17-34-22)24(19-12-14-21(33-2)15-13-19)26(32)28-20-9-6-5-7-10-20/h8,11-15,17,20,24H,3-7,9-10,16,18H2,1-2H3,(H,27,31)(H,28,32)/t24-/m0/s1. The van der Waals surface area contributed by atoms with Crippen molar-refractivity contribution >= 4 is 29.1 Å². The molecular weight excluding hydrogens is 450 g/mol. The fourth-order valence-electron chi connectivity index (χ4n) is 4.26. The van der Waals surface area contributed by atoms with E-state index in [1.807, 2.05) is 24.4 Å². The van der Waals surface area contributed by atoms with E-state index in [2.05, 4.69) is 10.6 Å². The van der Waals surface area contributed by atoms with Crippen molar-refractivity contribution in [1.82, 2.24) is 15.5 Å². The van der Waals surface area contributed by atoms with E-state index in [1.54, 1.807) is 36.3 Å². The topological polar surface area (TPSA) is 87.7 Å². The molecule has 1 atom stereocenters. The highest BCUT2D eigenvalue weighted by molar-refractivity contribution is 7.12. The third-order valence-corrected chi connectivity index (χ3v) is 7.03. The molecule has 0 bridgehead atoms. The van der Waals surface area contributed by atoms with Crippen LogP contribution < -0.4 is 15.4 Å². The minimum Gasteiger partial charge on any atom is -0.497 e. The van der Waals surface area contributed by atoms with Gasteiger partial charge in [-0.25, -0.2) is 0 Å². The first-order valence-electron chi connectivity index (χ1n) is 12.1. The molecule has 1 heterocycles. The van der Waals surface area contributed by atoms with E-state index < -0.39 is 6.04 Å². The lowest BCUT2D eigenvalue weighted by Crippen LogP contribution is -2.49. The second-order valence-electron chi connectivity index (χ2n) is 8.62. The molecule has 1 saturated carbocycles. The second kappa shape index (κ2) is 13.1. The van der Waals surface area contributed by atoms with Crippen molar-refractivity contribution in [2.45, 2.75) is 64.0 Å². The normalized spacial score (nSPS) is 14.8. The van der Waals surface area contributed by atoms with Crippen molar-refractivity contribution in [3.05, 3.63) is 52.2 Å². The van der Waals surface area contributed by atoms with E-state index in [0.29, 0.717) is 17.2 Å². The quantitative estimate of drug-likeness (QED) is 0.497. The van der Waals surface area contributed by atoms with E-state index in [4.69, 9.17) is 4.74 Å². The maximum absolute atomic E-state index is 13.6. The average Bonchev–Trinajstić information content (AvgIpc) is 3.41. The van der Waals surface area contributed by atoms with Crippen LogP contribution in [0.15, 0.2) is 41.8 Å². The van der Waals surface area contributed by atoms with Crippen LogP contribution >= 0.6 is 11.3 Å². The van der Waals surface area contributed by atoms with Gasteiger partial charge in [0.05, 0.1) is 18.5 Å². The number of amides is 3. The van der Waals surface area contributed by atoms with E-state index >= 15 is 0 Å². The number of carbonyl (C=O) groups excluding carboxylic acids is 3. The van der Waals surface area contributed by atoms with Gasteiger partial charge >= 0.3 is 0 Å². The number of unbranched alkanes of at least 4 members (excludes halogenated alkanes) is 1. The molecule has 184 valence electrons. The summed E-state index contributed by atoms with van der Waals surface area (Å²) in [5, 5.41) is 7.73. The Morgan fingerprint density at radius 2 is 1.85 bits per heavy atom. The molecule has 3 amide bonds. The van der Waals surface area contributed by atoms with Crippen LogP contribution in [0.5, 0.6) is 5.75 Å². The highest BCUT2D eigenvalue weighted by Crippen LogP contribution is 2.26. The number of hydrogen-bond acceptors (Lipinski definition) is 5. The summed E-state index contributed by atoms with van der Waals surface area (Å²) in [6.45, 7) is 2.31. The van der Waals surface area contributed by atoms with Gasteiger partial charge in [-0.3, -0.25) is 14.4 Å². The van der Waals surface area contributed by atoms with Gasteiger partial charge in [-0.15, -0.1) is 11.3 Å². The van der Waals surface area contributed by atoms with Crippen molar-refractivity contribution in [3.63, 3.8) is 0 Å². The van der Waals surface area contributed by atoms with Crippen molar-refractivity contribution in [2.24, 2.45) is 0 Å². The van der Waals surface area contributed by atoms with Crippen LogP contribution in [-0.4, -0.2) is 48.9 Å². The van der Waals surface area contributed by atoms with Gasteiger partial charge in [-0.2, -0.15) is 0 Å². The summed E-state index contributed by atoms with van der Waals surface area (Å²) in [6, 6.07) is 10.1. The smallest absolute Gasteiger partial charge is 0.261 e. The highest BCUT2D eigenvalue weighted by atomic mass is 32.1. The molecule has 3 rings (SSSR count). The monoisotopic (exact) mass is 485 g/mol. The first-order chi connectivity index (χ1) is 16.5. The lowest BCUT2D eigenvalue weighted by atomic mass is 9.94. The highest BCUT2D eigenvalue weighted by Gasteiger charge is 2.32. The van der Waals surface area contributed by atoms with Crippen molar-refractivity contribution in [1.29, 1.82) is 0 Å². The summed E-state index contributed by atoms with van der Waals surface area (Å²) in [4.78, 5) is 41.5. The number of nitrogens with zero attached hydrogens (tertiary/aromatic N) is 1. The molecule has 34 heavy (non-hydrogen) atoms. The molecule has 0 aliphatic heterocycles. The van der Waals surface area contributed by atoms with Crippen LogP contribution in [0.3, 0.4) is 0 Å². The van der Waals surface area contributed by atoms with Crippen LogP contribution in [0, 0.1) is 0 Å². The Balaban J connectivity index is 1.82. The molecule has 2 aromatic rings. The molecule has 0 radical (unpaired) electrons. The molecular formula is C26H35N3O4S. The fourth-order valence-corrected chi connectivity index (χ4v) is 4.90. The van der Waals surface area contributed by atoms with E-state index in [0.717, 1.165) is 44.1 Å². The summed E-state index contributed by atoms with van der Waals surface area (Å²) < 4.78 is 5.28. The molecule has 0 saturated heterocycles. The molecule has 2 N–H and O–H groups in total. The van der Waals surface area contributed by atoms with Crippen LogP contribution in [0.2, 0.25) is 0 Å². The van der Waals surface area contributed by atoms with Crippen molar-refractivity contribution in [3.8, 4) is 5.75 Å². The number of ether oxygens (including phenoxy) is 1. The van der Waals surface area contributed by atoms with E-state index in [-0.39, 0.29) is 30.3 Å². The van der Waals surface area contributed by atoms with Gasteiger partial charge in [0.1, 0.15) is 11.8 Å². The van der Waals surface area contributed by atoms with Crippen LogP contribution in [0.25, 0.3) is 0 Å². The molecule has 0 spiro atoms. The van der Waals surface area contributed by atoms with Gasteiger partial charge < -0.3 is 20.3 Å². The zero-order chi connectivity index (χ0) is 24.3. The molecule has 8 heteroatoms. The Morgan fingerprint density at radius 1 is 1.12 bits per heavy atom. The van der Waals surface area contributed by atoms with Gasteiger partial charge in [0.15, 0.2) is 0 Å². The number of thiophene rings is 1. The van der Waals surface area contributed by atoms with Gasteiger partial charge in [0.2, 0.25) is 11.8 Å². The fraction of sp³-hybridized carbons (Fsp3) is 0.500. The molecule has 7 nitrogen and oxygen atoms in total. The summed E-state index contributed by atoms with van der Waals surface area (Å²) in [5.74, 6) is -0.0552. The number of rotatable bonds is 11. The van der Waals surface area contributed by atoms with Gasteiger partial charge in [0, 0.05) is 12.6 Å². The van der Waals surface area contributed by atoms with Crippen LogP contribution in [0.4, 0.5) is 0 Å². The first kappa shape index (κ1) is 25.7. The first-order valence-corrected chi connectivity index (χ1v) is 13.0. The Hall–Kier alpha value is -2.87. The number of hydrogen-bond donors (Lipinski definition) is 2. The number of methoxy groups -OCH3 is 1.